The van der Waals surface area contributed by atoms with Crippen LogP contribution in [0.2, 0.25) is 0 Å². The van der Waals surface area contributed by atoms with Gasteiger partial charge >= 0.3 is 0 Å². The number of amidine groups is 1. The molecule has 0 atom stereocenters. The lowest BCUT2D eigenvalue weighted by atomic mass is 9.98. The molecule has 0 fully saturated rings. The summed E-state index contributed by atoms with van der Waals surface area (Å²) in [5.41, 5.74) is 11.3. The van der Waals surface area contributed by atoms with Crippen LogP contribution in [0.3, 0.4) is 0 Å². The van der Waals surface area contributed by atoms with Gasteiger partial charge in [0.15, 0.2) is 0 Å². The molecule has 0 bridgehead atoms. The van der Waals surface area contributed by atoms with Crippen molar-refractivity contribution < 1.29 is 0 Å². The molecule has 19 heavy (non-hydrogen) atoms. The number of hydrogen-bond donors (Lipinski definition) is 2. The summed E-state index contributed by atoms with van der Waals surface area (Å²) in [6.45, 7) is 6.56. The normalized spacial score (nSPS) is 19.6. The molecule has 1 aliphatic heterocycles. The lowest BCUT2D eigenvalue weighted by molar-refractivity contribution is 0.765. The van der Waals surface area contributed by atoms with Crippen molar-refractivity contribution in [1.29, 1.82) is 0 Å². The SMILES string of the molecule is CN=C1NC(c2ccc(N)cc2)=C/C1=C(/C)C(C)C. The van der Waals surface area contributed by atoms with E-state index in [4.69, 9.17) is 5.73 Å². The van der Waals surface area contributed by atoms with E-state index in [9.17, 15) is 0 Å². The van der Waals surface area contributed by atoms with Crippen LogP contribution in [0.5, 0.6) is 0 Å². The fourth-order valence-electron chi connectivity index (χ4n) is 2.05. The van der Waals surface area contributed by atoms with E-state index in [0.29, 0.717) is 5.92 Å². The van der Waals surface area contributed by atoms with Gasteiger partial charge in [-0.1, -0.05) is 31.6 Å². The highest BCUT2D eigenvalue weighted by atomic mass is 15.0. The number of hydrogen-bond acceptors (Lipinski definition) is 2. The van der Waals surface area contributed by atoms with E-state index in [2.05, 4.69) is 37.2 Å². The summed E-state index contributed by atoms with van der Waals surface area (Å²) < 4.78 is 0. The molecule has 1 aromatic rings. The number of aliphatic imine (C=N–C) groups is 1. The quantitative estimate of drug-likeness (QED) is 0.797. The first kappa shape index (κ1) is 13.4. The molecule has 0 spiro atoms. The van der Waals surface area contributed by atoms with Gasteiger partial charge in [-0.05, 0) is 36.6 Å². The predicted octanol–water partition coefficient (Wildman–Crippen LogP) is 3.21. The van der Waals surface area contributed by atoms with Crippen LogP contribution in [0.1, 0.15) is 26.3 Å². The molecule has 100 valence electrons. The van der Waals surface area contributed by atoms with Crippen molar-refractivity contribution in [2.24, 2.45) is 10.9 Å². The molecule has 0 saturated carbocycles. The predicted molar refractivity (Wildman–Crippen MR) is 82.9 cm³/mol. The lowest BCUT2D eigenvalue weighted by Crippen LogP contribution is -2.17. The van der Waals surface area contributed by atoms with Gasteiger partial charge in [-0.25, -0.2) is 0 Å². The summed E-state index contributed by atoms with van der Waals surface area (Å²) in [5, 5.41) is 3.37. The number of nitrogens with zero attached hydrogens (tertiary/aromatic N) is 1. The number of nitrogens with two attached hydrogens (primary N) is 1. The second kappa shape index (κ2) is 5.31. The fraction of sp³-hybridized carbons (Fsp3) is 0.312. The summed E-state index contributed by atoms with van der Waals surface area (Å²) in [5.74, 6) is 1.45. The van der Waals surface area contributed by atoms with Crippen LogP contribution in [0, 0.1) is 5.92 Å². The van der Waals surface area contributed by atoms with Gasteiger partial charge < -0.3 is 11.1 Å². The van der Waals surface area contributed by atoms with Gasteiger partial charge in [0.05, 0.1) is 0 Å². The Balaban J connectivity index is 2.43. The topological polar surface area (TPSA) is 50.4 Å². The van der Waals surface area contributed by atoms with Crippen molar-refractivity contribution in [3.05, 3.63) is 47.1 Å². The monoisotopic (exact) mass is 255 g/mol. The highest BCUT2D eigenvalue weighted by molar-refractivity contribution is 6.11. The zero-order valence-electron chi connectivity index (χ0n) is 12.0. The van der Waals surface area contributed by atoms with E-state index in [0.717, 1.165) is 22.8 Å². The van der Waals surface area contributed by atoms with Crippen molar-refractivity contribution in [2.45, 2.75) is 20.8 Å². The molecule has 0 aromatic heterocycles. The van der Waals surface area contributed by atoms with Crippen molar-refractivity contribution in [3.63, 3.8) is 0 Å². The van der Waals surface area contributed by atoms with E-state index >= 15 is 0 Å². The first-order valence-corrected chi connectivity index (χ1v) is 6.55. The van der Waals surface area contributed by atoms with Crippen LogP contribution in [0.15, 0.2) is 46.5 Å². The molecule has 3 N–H and O–H groups in total. The third-order valence-corrected chi connectivity index (χ3v) is 3.53. The van der Waals surface area contributed by atoms with Crippen LogP contribution >= 0.6 is 0 Å². The van der Waals surface area contributed by atoms with Crippen molar-refractivity contribution in [3.8, 4) is 0 Å². The number of allylic oxidation sites excluding steroid dienone is 1. The minimum absolute atomic E-state index is 0.510. The Bertz CT molecular complexity index is 560. The minimum Gasteiger partial charge on any atom is -0.399 e. The average molecular weight is 255 g/mol. The molecule has 3 nitrogen and oxygen atoms in total. The van der Waals surface area contributed by atoms with E-state index in [1.807, 2.05) is 31.3 Å². The largest absolute Gasteiger partial charge is 0.399 e. The molecule has 0 radical (unpaired) electrons. The molecule has 0 aliphatic carbocycles. The number of benzene rings is 1. The van der Waals surface area contributed by atoms with Gasteiger partial charge in [0.2, 0.25) is 0 Å². The van der Waals surface area contributed by atoms with Gasteiger partial charge in [0.25, 0.3) is 0 Å². The Labute approximate surface area is 114 Å². The summed E-state index contributed by atoms with van der Waals surface area (Å²) in [7, 11) is 1.82. The average Bonchev–Trinajstić information content (AvgIpc) is 2.82. The Morgan fingerprint density at radius 1 is 1.21 bits per heavy atom. The van der Waals surface area contributed by atoms with Crippen LogP contribution in [0.4, 0.5) is 5.69 Å². The van der Waals surface area contributed by atoms with Crippen LogP contribution in [-0.2, 0) is 0 Å². The summed E-state index contributed by atoms with van der Waals surface area (Å²) >= 11 is 0. The van der Waals surface area contributed by atoms with Crippen molar-refractivity contribution >= 4 is 17.2 Å². The smallest absolute Gasteiger partial charge is 0.132 e. The molecule has 1 aromatic carbocycles. The third kappa shape index (κ3) is 2.70. The third-order valence-electron chi connectivity index (χ3n) is 3.53. The summed E-state index contributed by atoms with van der Waals surface area (Å²) in [6, 6.07) is 7.87. The molecule has 0 saturated heterocycles. The highest BCUT2D eigenvalue weighted by Gasteiger charge is 2.19. The van der Waals surface area contributed by atoms with E-state index in [1.165, 1.54) is 11.1 Å². The van der Waals surface area contributed by atoms with Crippen molar-refractivity contribution in [2.75, 3.05) is 12.8 Å². The minimum atomic E-state index is 0.510. The Morgan fingerprint density at radius 2 is 1.84 bits per heavy atom. The van der Waals surface area contributed by atoms with E-state index in [-0.39, 0.29) is 0 Å². The highest BCUT2D eigenvalue weighted by Crippen LogP contribution is 2.26. The first-order chi connectivity index (χ1) is 9.02. The van der Waals surface area contributed by atoms with Gasteiger partial charge in [-0.2, -0.15) is 0 Å². The van der Waals surface area contributed by atoms with Gasteiger partial charge in [-0.3, -0.25) is 4.99 Å². The molecule has 0 amide bonds. The molecule has 3 heteroatoms. The Morgan fingerprint density at radius 3 is 2.37 bits per heavy atom. The molecular weight excluding hydrogens is 234 g/mol. The molecule has 1 heterocycles. The van der Waals surface area contributed by atoms with Gasteiger partial charge in [-0.15, -0.1) is 0 Å². The van der Waals surface area contributed by atoms with Gasteiger partial charge in [0, 0.05) is 24.0 Å². The lowest BCUT2D eigenvalue weighted by Gasteiger charge is -2.09. The standard InChI is InChI=1S/C16H21N3/c1-10(2)11(3)14-9-15(19-16(14)18-4)12-5-7-13(17)8-6-12/h5-10H,17H2,1-4H3,(H,18,19)/b14-11+. The zero-order valence-corrected chi connectivity index (χ0v) is 12.0. The molecule has 0 unspecified atom stereocenters. The summed E-state index contributed by atoms with van der Waals surface area (Å²) in [4.78, 5) is 4.34. The molecule has 1 aliphatic rings. The zero-order chi connectivity index (χ0) is 14.0. The summed E-state index contributed by atoms with van der Waals surface area (Å²) in [6.07, 6.45) is 2.17. The Hall–Kier alpha value is -2.03. The second-order valence-corrected chi connectivity index (χ2v) is 5.13. The van der Waals surface area contributed by atoms with Crippen LogP contribution in [-0.4, -0.2) is 12.9 Å². The van der Waals surface area contributed by atoms with E-state index < -0.39 is 0 Å². The maximum Gasteiger partial charge on any atom is 0.132 e. The van der Waals surface area contributed by atoms with Crippen LogP contribution in [0.25, 0.3) is 5.70 Å². The number of nitrogens with one attached hydrogen (secondary N) is 1. The maximum absolute atomic E-state index is 5.72. The second-order valence-electron chi connectivity index (χ2n) is 5.13. The number of anilines is 1. The number of rotatable bonds is 2. The molecule has 2 rings (SSSR count). The fourth-order valence-corrected chi connectivity index (χ4v) is 2.05. The number of nitrogen functional groups attached to an aromatic ring is 1. The van der Waals surface area contributed by atoms with E-state index in [1.54, 1.807) is 0 Å². The molecular formula is C16H21N3. The Kier molecular flexibility index (Phi) is 3.74. The van der Waals surface area contributed by atoms with Crippen LogP contribution < -0.4 is 11.1 Å². The van der Waals surface area contributed by atoms with Crippen molar-refractivity contribution in [1.82, 2.24) is 5.32 Å². The van der Waals surface area contributed by atoms with Gasteiger partial charge in [0.1, 0.15) is 5.84 Å². The maximum atomic E-state index is 5.72. The first-order valence-electron chi connectivity index (χ1n) is 6.55.